The third kappa shape index (κ3) is 2.96. The molecule has 1 aromatic rings. The smallest absolute Gasteiger partial charge is 0.254 e. The van der Waals surface area contributed by atoms with Gasteiger partial charge in [0.15, 0.2) is 0 Å². The van der Waals surface area contributed by atoms with Crippen LogP contribution in [0, 0.1) is 12.8 Å². The Morgan fingerprint density at radius 3 is 2.80 bits per heavy atom. The van der Waals surface area contributed by atoms with E-state index >= 15 is 0 Å². The van der Waals surface area contributed by atoms with Gasteiger partial charge in [-0.25, -0.2) is 0 Å². The highest BCUT2D eigenvalue weighted by atomic mass is 16.5. The number of hydrogen-bond donors (Lipinski definition) is 1. The fourth-order valence-corrected chi connectivity index (χ4v) is 2.77. The highest BCUT2D eigenvalue weighted by molar-refractivity contribution is 5.96. The molecule has 0 bridgehead atoms. The number of aliphatic hydroxyl groups excluding tert-OH is 1. The molecule has 4 nitrogen and oxygen atoms in total. The van der Waals surface area contributed by atoms with Crippen molar-refractivity contribution >= 4 is 5.91 Å². The van der Waals surface area contributed by atoms with Crippen LogP contribution in [0.5, 0.6) is 5.75 Å². The SMILES string of the molecule is COc1ccc(C(=O)N2CC(CO)CCC2C)c(C)c1. The van der Waals surface area contributed by atoms with Crippen LogP contribution in [-0.2, 0) is 0 Å². The third-order valence-corrected chi connectivity index (χ3v) is 4.16. The van der Waals surface area contributed by atoms with Gasteiger partial charge in [-0.05, 0) is 56.4 Å². The number of likely N-dealkylation sites (tertiary alicyclic amines) is 1. The molecule has 1 fully saturated rings. The van der Waals surface area contributed by atoms with Gasteiger partial charge in [0.2, 0.25) is 0 Å². The van der Waals surface area contributed by atoms with E-state index in [0.717, 1.165) is 29.7 Å². The van der Waals surface area contributed by atoms with Crippen molar-refractivity contribution in [1.82, 2.24) is 4.90 Å². The lowest BCUT2D eigenvalue weighted by molar-refractivity contribution is 0.0488. The molecule has 4 heteroatoms. The van der Waals surface area contributed by atoms with Gasteiger partial charge in [-0.3, -0.25) is 4.79 Å². The molecule has 20 heavy (non-hydrogen) atoms. The summed E-state index contributed by atoms with van der Waals surface area (Å²) in [5.41, 5.74) is 1.64. The number of aliphatic hydroxyl groups is 1. The summed E-state index contributed by atoms with van der Waals surface area (Å²) in [5, 5.41) is 9.32. The zero-order valence-electron chi connectivity index (χ0n) is 12.4. The van der Waals surface area contributed by atoms with Crippen molar-refractivity contribution in [3.05, 3.63) is 29.3 Å². The van der Waals surface area contributed by atoms with Crippen molar-refractivity contribution in [2.24, 2.45) is 5.92 Å². The number of benzene rings is 1. The lowest BCUT2D eigenvalue weighted by Gasteiger charge is -2.37. The number of piperidine rings is 1. The second kappa shape index (κ2) is 6.27. The molecule has 2 rings (SSSR count). The molecule has 1 heterocycles. The molecule has 0 aromatic heterocycles. The summed E-state index contributed by atoms with van der Waals surface area (Å²) >= 11 is 0. The molecule has 0 spiro atoms. The minimum Gasteiger partial charge on any atom is -0.497 e. The normalized spacial score (nSPS) is 22.7. The van der Waals surface area contributed by atoms with Crippen molar-refractivity contribution in [1.29, 1.82) is 0 Å². The maximum atomic E-state index is 12.7. The lowest BCUT2D eigenvalue weighted by Crippen LogP contribution is -2.46. The molecule has 2 unspecified atom stereocenters. The van der Waals surface area contributed by atoms with E-state index in [1.54, 1.807) is 7.11 Å². The fourth-order valence-electron chi connectivity index (χ4n) is 2.77. The molecular weight excluding hydrogens is 254 g/mol. The second-order valence-corrected chi connectivity index (χ2v) is 5.61. The summed E-state index contributed by atoms with van der Waals surface area (Å²) in [6, 6.07) is 5.75. The molecule has 0 aliphatic carbocycles. The Hall–Kier alpha value is -1.55. The summed E-state index contributed by atoms with van der Waals surface area (Å²) in [6.07, 6.45) is 1.94. The van der Waals surface area contributed by atoms with E-state index in [9.17, 15) is 9.90 Å². The Kier molecular flexibility index (Phi) is 4.65. The van der Waals surface area contributed by atoms with Gasteiger partial charge in [-0.15, -0.1) is 0 Å². The monoisotopic (exact) mass is 277 g/mol. The summed E-state index contributed by atoms with van der Waals surface area (Å²) in [6.45, 7) is 4.79. The van der Waals surface area contributed by atoms with Gasteiger partial charge in [-0.2, -0.15) is 0 Å². The van der Waals surface area contributed by atoms with Crippen LogP contribution >= 0.6 is 0 Å². The fraction of sp³-hybridized carbons (Fsp3) is 0.562. The molecule has 2 atom stereocenters. The summed E-state index contributed by atoms with van der Waals surface area (Å²) in [7, 11) is 1.62. The topological polar surface area (TPSA) is 49.8 Å². The number of hydrogen-bond acceptors (Lipinski definition) is 3. The van der Waals surface area contributed by atoms with Crippen LogP contribution in [0.15, 0.2) is 18.2 Å². The Morgan fingerprint density at radius 2 is 2.20 bits per heavy atom. The van der Waals surface area contributed by atoms with E-state index in [4.69, 9.17) is 4.74 Å². The average molecular weight is 277 g/mol. The first-order chi connectivity index (χ1) is 9.56. The minimum absolute atomic E-state index is 0.0517. The molecule has 0 saturated carbocycles. The number of amides is 1. The van der Waals surface area contributed by atoms with Crippen molar-refractivity contribution in [2.45, 2.75) is 32.7 Å². The molecule has 1 aliphatic heterocycles. The van der Waals surface area contributed by atoms with Crippen LogP contribution in [0.2, 0.25) is 0 Å². The number of nitrogens with zero attached hydrogens (tertiary/aromatic N) is 1. The molecule has 1 aromatic carbocycles. The number of rotatable bonds is 3. The van der Waals surface area contributed by atoms with Gasteiger partial charge in [0.05, 0.1) is 7.11 Å². The molecule has 1 saturated heterocycles. The predicted molar refractivity (Wildman–Crippen MR) is 78.0 cm³/mol. The van der Waals surface area contributed by atoms with Crippen LogP contribution in [0.1, 0.15) is 35.7 Å². The maximum absolute atomic E-state index is 12.7. The zero-order valence-corrected chi connectivity index (χ0v) is 12.4. The highest BCUT2D eigenvalue weighted by Gasteiger charge is 2.29. The first-order valence-corrected chi connectivity index (χ1v) is 7.13. The Bertz CT molecular complexity index is 487. The van der Waals surface area contributed by atoms with E-state index in [2.05, 4.69) is 6.92 Å². The molecule has 1 aliphatic rings. The third-order valence-electron chi connectivity index (χ3n) is 4.16. The Labute approximate surface area is 120 Å². The number of aryl methyl sites for hydroxylation is 1. The first-order valence-electron chi connectivity index (χ1n) is 7.13. The van der Waals surface area contributed by atoms with Crippen molar-refractivity contribution in [2.75, 3.05) is 20.3 Å². The van der Waals surface area contributed by atoms with Crippen molar-refractivity contribution in [3.8, 4) is 5.75 Å². The second-order valence-electron chi connectivity index (χ2n) is 5.61. The van der Waals surface area contributed by atoms with Gasteiger partial charge in [0.25, 0.3) is 5.91 Å². The van der Waals surface area contributed by atoms with Gasteiger partial charge < -0.3 is 14.7 Å². The van der Waals surface area contributed by atoms with Crippen LogP contribution < -0.4 is 4.74 Å². The van der Waals surface area contributed by atoms with E-state index in [1.807, 2.05) is 30.0 Å². The van der Waals surface area contributed by atoms with E-state index in [1.165, 1.54) is 0 Å². The quantitative estimate of drug-likeness (QED) is 0.921. The van der Waals surface area contributed by atoms with E-state index in [-0.39, 0.29) is 24.5 Å². The summed E-state index contributed by atoms with van der Waals surface area (Å²) in [5.74, 6) is 1.02. The molecule has 1 amide bonds. The highest BCUT2D eigenvalue weighted by Crippen LogP contribution is 2.25. The summed E-state index contributed by atoms with van der Waals surface area (Å²) < 4.78 is 5.17. The standard InChI is InChI=1S/C16H23NO3/c1-11-8-14(20-3)6-7-15(11)16(19)17-9-13(10-18)5-4-12(17)2/h6-8,12-13,18H,4-5,9-10H2,1-3H3. The largest absolute Gasteiger partial charge is 0.497 e. The minimum atomic E-state index is 0.0517. The maximum Gasteiger partial charge on any atom is 0.254 e. The van der Waals surface area contributed by atoms with Crippen LogP contribution in [0.25, 0.3) is 0 Å². The van der Waals surface area contributed by atoms with E-state index in [0.29, 0.717) is 6.54 Å². The predicted octanol–water partition coefficient (Wildman–Crippen LogP) is 2.24. The average Bonchev–Trinajstić information content (AvgIpc) is 2.47. The molecular formula is C16H23NO3. The molecule has 1 N–H and O–H groups in total. The zero-order chi connectivity index (χ0) is 14.7. The van der Waals surface area contributed by atoms with Crippen LogP contribution in [0.4, 0.5) is 0 Å². The summed E-state index contributed by atoms with van der Waals surface area (Å²) in [4.78, 5) is 14.6. The van der Waals surface area contributed by atoms with Gasteiger partial charge in [-0.1, -0.05) is 0 Å². The van der Waals surface area contributed by atoms with Crippen LogP contribution in [-0.4, -0.2) is 42.2 Å². The molecule has 110 valence electrons. The number of ether oxygens (including phenoxy) is 1. The lowest BCUT2D eigenvalue weighted by atomic mass is 9.93. The number of methoxy groups -OCH3 is 1. The van der Waals surface area contributed by atoms with E-state index < -0.39 is 0 Å². The molecule has 0 radical (unpaired) electrons. The van der Waals surface area contributed by atoms with Gasteiger partial charge in [0.1, 0.15) is 5.75 Å². The van der Waals surface area contributed by atoms with Crippen molar-refractivity contribution < 1.29 is 14.6 Å². The first kappa shape index (κ1) is 14.9. The number of carbonyl (C=O) groups excluding carboxylic acids is 1. The van der Waals surface area contributed by atoms with Gasteiger partial charge in [0, 0.05) is 24.8 Å². The Morgan fingerprint density at radius 1 is 1.45 bits per heavy atom. The number of carbonyl (C=O) groups is 1. The van der Waals surface area contributed by atoms with Gasteiger partial charge >= 0.3 is 0 Å². The Balaban J connectivity index is 2.21. The van der Waals surface area contributed by atoms with Crippen molar-refractivity contribution in [3.63, 3.8) is 0 Å². The van der Waals surface area contributed by atoms with Crippen LogP contribution in [0.3, 0.4) is 0 Å².